The number of hydrogen-bond donors (Lipinski definition) is 2. The molecule has 1 aromatic heterocycles. The number of nitrogens with zero attached hydrogens (tertiary/aromatic N) is 1. The quantitative estimate of drug-likeness (QED) is 0.891. The van der Waals surface area contributed by atoms with Crippen LogP contribution in [0.3, 0.4) is 0 Å². The molecule has 1 saturated carbocycles. The maximum atomic E-state index is 12.5. The first kappa shape index (κ1) is 16.1. The Hall–Kier alpha value is -2.76. The molecule has 0 spiro atoms. The first-order chi connectivity index (χ1) is 11.5. The zero-order chi connectivity index (χ0) is 17.1. The van der Waals surface area contributed by atoms with Crippen LogP contribution in [0, 0.1) is 5.92 Å². The lowest BCUT2D eigenvalue weighted by molar-refractivity contribution is -0.124. The summed E-state index contributed by atoms with van der Waals surface area (Å²) in [6, 6.07) is 10.0. The number of para-hydroxylation sites is 1. The smallest absolute Gasteiger partial charge is 0.270 e. The molecule has 6 heteroatoms. The highest BCUT2D eigenvalue weighted by Crippen LogP contribution is 2.24. The number of carbonyl (C=O) groups excluding carboxylic acids is 3. The van der Waals surface area contributed by atoms with Crippen LogP contribution in [0.4, 0.5) is 0 Å². The van der Waals surface area contributed by atoms with Gasteiger partial charge in [0.15, 0.2) is 0 Å². The van der Waals surface area contributed by atoms with E-state index < -0.39 is 17.9 Å². The van der Waals surface area contributed by atoms with Gasteiger partial charge in [-0.3, -0.25) is 14.4 Å². The van der Waals surface area contributed by atoms with Crippen LogP contribution in [0.25, 0.3) is 10.9 Å². The topological polar surface area (TPSA) is 102 Å². The van der Waals surface area contributed by atoms with Gasteiger partial charge in [-0.25, -0.2) is 4.98 Å². The summed E-state index contributed by atoms with van der Waals surface area (Å²) in [6.07, 6.45) is 2.23. The summed E-state index contributed by atoms with van der Waals surface area (Å²) in [5.74, 6) is -1.21. The van der Waals surface area contributed by atoms with Gasteiger partial charge in [-0.05, 0) is 30.9 Å². The second-order valence-corrected chi connectivity index (χ2v) is 6.14. The van der Waals surface area contributed by atoms with E-state index in [1.807, 2.05) is 24.3 Å². The van der Waals surface area contributed by atoms with Gasteiger partial charge in [-0.15, -0.1) is 0 Å². The molecule has 0 saturated heterocycles. The molecule has 1 fully saturated rings. The average Bonchev–Trinajstić information content (AvgIpc) is 2.58. The molecule has 3 N–H and O–H groups in total. The SMILES string of the molecule is NC(=O)[C@@H](NC(=O)c1ccc2ccccc2n1)[C@@H]1CCCC(=O)C1. The third-order valence-corrected chi connectivity index (χ3v) is 4.42. The van der Waals surface area contributed by atoms with E-state index in [2.05, 4.69) is 10.3 Å². The third kappa shape index (κ3) is 3.42. The minimum atomic E-state index is -0.852. The van der Waals surface area contributed by atoms with E-state index in [0.29, 0.717) is 18.4 Å². The molecule has 2 aromatic rings. The van der Waals surface area contributed by atoms with Crippen LogP contribution in [-0.4, -0.2) is 28.6 Å². The molecule has 1 aliphatic rings. The van der Waals surface area contributed by atoms with Gasteiger partial charge in [0.05, 0.1) is 5.52 Å². The van der Waals surface area contributed by atoms with Gasteiger partial charge in [-0.2, -0.15) is 0 Å². The standard InChI is InChI=1S/C18H19N3O3/c19-17(23)16(12-5-3-6-13(22)10-12)21-18(24)15-9-8-11-4-1-2-7-14(11)20-15/h1-2,4,7-9,12,16H,3,5-6,10H2,(H2,19,23)(H,21,24)/t12-,16+/m1/s1. The number of nitrogens with one attached hydrogen (secondary N) is 1. The van der Waals surface area contributed by atoms with Crippen molar-refractivity contribution in [2.75, 3.05) is 0 Å². The minimum Gasteiger partial charge on any atom is -0.368 e. The van der Waals surface area contributed by atoms with Crippen molar-refractivity contribution in [3.05, 3.63) is 42.1 Å². The van der Waals surface area contributed by atoms with E-state index in [9.17, 15) is 14.4 Å². The minimum absolute atomic E-state index is 0.107. The average molecular weight is 325 g/mol. The number of amides is 2. The third-order valence-electron chi connectivity index (χ3n) is 4.42. The van der Waals surface area contributed by atoms with Gasteiger partial charge < -0.3 is 11.1 Å². The van der Waals surface area contributed by atoms with E-state index in [1.165, 1.54) is 0 Å². The van der Waals surface area contributed by atoms with E-state index in [4.69, 9.17) is 5.73 Å². The molecular weight excluding hydrogens is 306 g/mol. The molecule has 2 atom stereocenters. The summed E-state index contributed by atoms with van der Waals surface area (Å²) in [7, 11) is 0. The molecule has 2 amide bonds. The van der Waals surface area contributed by atoms with E-state index in [0.717, 1.165) is 11.8 Å². The largest absolute Gasteiger partial charge is 0.368 e. The first-order valence-electron chi connectivity index (χ1n) is 8.02. The van der Waals surface area contributed by atoms with Crippen LogP contribution in [0.15, 0.2) is 36.4 Å². The number of pyridine rings is 1. The fourth-order valence-corrected chi connectivity index (χ4v) is 3.17. The molecule has 6 nitrogen and oxygen atoms in total. The fourth-order valence-electron chi connectivity index (χ4n) is 3.17. The number of nitrogens with two attached hydrogens (primary N) is 1. The molecule has 3 rings (SSSR count). The van der Waals surface area contributed by atoms with Gasteiger partial charge in [0.1, 0.15) is 17.5 Å². The number of primary amides is 1. The fraction of sp³-hybridized carbons (Fsp3) is 0.333. The number of fused-ring (bicyclic) bond motifs is 1. The molecule has 0 aliphatic heterocycles. The molecular formula is C18H19N3O3. The monoisotopic (exact) mass is 325 g/mol. The lowest BCUT2D eigenvalue weighted by atomic mass is 9.83. The lowest BCUT2D eigenvalue weighted by Crippen LogP contribution is -2.50. The van der Waals surface area contributed by atoms with Gasteiger partial charge in [0.25, 0.3) is 5.91 Å². The van der Waals surface area contributed by atoms with E-state index in [-0.39, 0.29) is 23.8 Å². The number of hydrogen-bond acceptors (Lipinski definition) is 4. The number of carbonyl (C=O) groups is 3. The highest BCUT2D eigenvalue weighted by molar-refractivity contribution is 5.97. The van der Waals surface area contributed by atoms with Crippen molar-refractivity contribution >= 4 is 28.5 Å². The molecule has 0 radical (unpaired) electrons. The summed E-state index contributed by atoms with van der Waals surface area (Å²) in [5.41, 5.74) is 6.37. The summed E-state index contributed by atoms with van der Waals surface area (Å²) in [5, 5.41) is 3.59. The Bertz CT molecular complexity index is 803. The maximum absolute atomic E-state index is 12.5. The lowest BCUT2D eigenvalue weighted by Gasteiger charge is -2.28. The van der Waals surface area contributed by atoms with Gasteiger partial charge in [-0.1, -0.05) is 24.3 Å². The Kier molecular flexibility index (Phi) is 4.55. The van der Waals surface area contributed by atoms with Crippen molar-refractivity contribution in [2.24, 2.45) is 11.7 Å². The Labute approximate surface area is 139 Å². The molecule has 0 bridgehead atoms. The summed E-state index contributed by atoms with van der Waals surface area (Å²) >= 11 is 0. The molecule has 1 aliphatic carbocycles. The predicted octanol–water partition coefficient (Wildman–Crippen LogP) is 1.58. The van der Waals surface area contributed by atoms with Crippen LogP contribution in [0.1, 0.15) is 36.2 Å². The molecule has 124 valence electrons. The Morgan fingerprint density at radius 3 is 2.75 bits per heavy atom. The highest BCUT2D eigenvalue weighted by Gasteiger charge is 2.32. The van der Waals surface area contributed by atoms with Crippen LogP contribution >= 0.6 is 0 Å². The zero-order valence-electron chi connectivity index (χ0n) is 13.2. The van der Waals surface area contributed by atoms with Crippen LogP contribution in [-0.2, 0) is 9.59 Å². The van der Waals surface area contributed by atoms with Gasteiger partial charge in [0.2, 0.25) is 5.91 Å². The number of aromatic nitrogens is 1. The summed E-state index contributed by atoms with van der Waals surface area (Å²) in [4.78, 5) is 40.2. The van der Waals surface area contributed by atoms with Crippen LogP contribution < -0.4 is 11.1 Å². The van der Waals surface area contributed by atoms with Gasteiger partial charge in [0, 0.05) is 18.2 Å². The maximum Gasteiger partial charge on any atom is 0.270 e. The molecule has 24 heavy (non-hydrogen) atoms. The van der Waals surface area contributed by atoms with Crippen LogP contribution in [0.5, 0.6) is 0 Å². The van der Waals surface area contributed by atoms with Gasteiger partial charge >= 0.3 is 0 Å². The van der Waals surface area contributed by atoms with Crippen molar-refractivity contribution in [3.63, 3.8) is 0 Å². The second kappa shape index (κ2) is 6.78. The predicted molar refractivity (Wildman–Crippen MR) is 89.2 cm³/mol. The van der Waals surface area contributed by atoms with E-state index in [1.54, 1.807) is 12.1 Å². The Morgan fingerprint density at radius 2 is 2.00 bits per heavy atom. The zero-order valence-corrected chi connectivity index (χ0v) is 13.2. The normalized spacial score (nSPS) is 19.0. The summed E-state index contributed by atoms with van der Waals surface area (Å²) < 4.78 is 0. The molecule has 1 heterocycles. The van der Waals surface area contributed by atoms with Crippen molar-refractivity contribution in [1.29, 1.82) is 0 Å². The van der Waals surface area contributed by atoms with Crippen molar-refractivity contribution in [1.82, 2.24) is 10.3 Å². The molecule has 1 aromatic carbocycles. The highest BCUT2D eigenvalue weighted by atomic mass is 16.2. The van der Waals surface area contributed by atoms with E-state index >= 15 is 0 Å². The molecule has 0 unspecified atom stereocenters. The number of Topliss-reactive ketones (excluding diaryl/α,β-unsaturated/α-hetero) is 1. The Morgan fingerprint density at radius 1 is 1.21 bits per heavy atom. The number of benzene rings is 1. The number of rotatable bonds is 4. The van der Waals surface area contributed by atoms with Crippen molar-refractivity contribution in [3.8, 4) is 0 Å². The van der Waals surface area contributed by atoms with Crippen molar-refractivity contribution in [2.45, 2.75) is 31.7 Å². The number of ketones is 1. The van der Waals surface area contributed by atoms with Crippen LogP contribution in [0.2, 0.25) is 0 Å². The first-order valence-corrected chi connectivity index (χ1v) is 8.02. The Balaban J connectivity index is 1.79. The van der Waals surface area contributed by atoms with Crippen molar-refractivity contribution < 1.29 is 14.4 Å². The second-order valence-electron chi connectivity index (χ2n) is 6.14. The summed E-state index contributed by atoms with van der Waals surface area (Å²) in [6.45, 7) is 0.